The van der Waals surface area contributed by atoms with Gasteiger partial charge in [0.1, 0.15) is 0 Å². The van der Waals surface area contributed by atoms with Crippen LogP contribution in [0, 0.1) is 0 Å². The van der Waals surface area contributed by atoms with Crippen molar-refractivity contribution >= 4 is 0 Å². The Kier molecular flexibility index (Phi) is 3.17. The second-order valence-electron chi connectivity index (χ2n) is 4.62. The maximum atomic E-state index is 11.8. The van der Waals surface area contributed by atoms with Crippen LogP contribution in [0.1, 0.15) is 18.4 Å². The molecule has 94 valence electrons. The topological polar surface area (TPSA) is 76.3 Å². The van der Waals surface area contributed by atoms with Gasteiger partial charge in [0.2, 0.25) is 0 Å². The first-order valence-electron chi connectivity index (χ1n) is 5.66. The number of aryl methyl sites for hydroxylation is 1. The second-order valence-corrected chi connectivity index (χ2v) is 4.62. The van der Waals surface area contributed by atoms with Crippen molar-refractivity contribution in [2.75, 3.05) is 0 Å². The van der Waals surface area contributed by atoms with Crippen molar-refractivity contribution in [2.45, 2.75) is 31.5 Å². The summed E-state index contributed by atoms with van der Waals surface area (Å²) in [4.78, 5) is 23.2. The fourth-order valence-electron chi connectivity index (χ4n) is 2.01. The van der Waals surface area contributed by atoms with E-state index in [2.05, 4.69) is 5.32 Å². The summed E-state index contributed by atoms with van der Waals surface area (Å²) in [5.74, 6) is 0. The molecular formula is C11H17N3O3. The summed E-state index contributed by atoms with van der Waals surface area (Å²) in [5, 5.41) is 12.3. The maximum Gasteiger partial charge on any atom is 0.330 e. The van der Waals surface area contributed by atoms with E-state index in [1.807, 2.05) is 0 Å². The Bertz CT molecular complexity index is 526. The highest BCUT2D eigenvalue weighted by Gasteiger charge is 2.26. The van der Waals surface area contributed by atoms with Crippen LogP contribution in [0.5, 0.6) is 0 Å². The number of rotatable bonds is 3. The number of hydrogen-bond donors (Lipinski definition) is 2. The molecule has 0 bridgehead atoms. The smallest absolute Gasteiger partial charge is 0.330 e. The SMILES string of the molecule is Cn1cc(CNC2CC(O)C2)c(=O)n(C)c1=O. The lowest BCUT2D eigenvalue weighted by Crippen LogP contribution is -2.45. The van der Waals surface area contributed by atoms with Crippen LogP contribution < -0.4 is 16.6 Å². The van der Waals surface area contributed by atoms with Crippen molar-refractivity contribution in [3.05, 3.63) is 32.6 Å². The van der Waals surface area contributed by atoms with Crippen LogP contribution >= 0.6 is 0 Å². The van der Waals surface area contributed by atoms with Crippen molar-refractivity contribution in [3.63, 3.8) is 0 Å². The number of nitrogens with one attached hydrogen (secondary N) is 1. The number of nitrogens with zero attached hydrogens (tertiary/aromatic N) is 2. The Labute approximate surface area is 98.5 Å². The van der Waals surface area contributed by atoms with E-state index in [1.54, 1.807) is 13.2 Å². The first-order valence-corrected chi connectivity index (χ1v) is 5.66. The van der Waals surface area contributed by atoms with E-state index in [0.717, 1.165) is 17.4 Å². The molecule has 2 rings (SSSR count). The summed E-state index contributed by atoms with van der Waals surface area (Å²) in [6.45, 7) is 0.429. The van der Waals surface area contributed by atoms with Crippen molar-refractivity contribution in [1.29, 1.82) is 0 Å². The number of aliphatic hydroxyl groups excluding tert-OH is 1. The Morgan fingerprint density at radius 2 is 2.06 bits per heavy atom. The van der Waals surface area contributed by atoms with Gasteiger partial charge in [-0.2, -0.15) is 0 Å². The Balaban J connectivity index is 2.11. The minimum Gasteiger partial charge on any atom is -0.393 e. The van der Waals surface area contributed by atoms with Gasteiger partial charge in [-0.1, -0.05) is 0 Å². The molecule has 0 saturated heterocycles. The molecule has 0 unspecified atom stereocenters. The first kappa shape index (κ1) is 12.1. The van der Waals surface area contributed by atoms with E-state index in [4.69, 9.17) is 5.11 Å². The fraction of sp³-hybridized carbons (Fsp3) is 0.636. The summed E-state index contributed by atoms with van der Waals surface area (Å²) in [6, 6.07) is 0.270. The number of aliphatic hydroxyl groups is 1. The van der Waals surface area contributed by atoms with Gasteiger partial charge in [0.25, 0.3) is 5.56 Å². The molecule has 6 heteroatoms. The van der Waals surface area contributed by atoms with E-state index >= 15 is 0 Å². The van der Waals surface area contributed by atoms with Gasteiger partial charge in [0, 0.05) is 38.4 Å². The Morgan fingerprint density at radius 1 is 1.41 bits per heavy atom. The minimum atomic E-state index is -0.321. The third-order valence-corrected chi connectivity index (χ3v) is 3.21. The van der Waals surface area contributed by atoms with Gasteiger partial charge >= 0.3 is 5.69 Å². The van der Waals surface area contributed by atoms with Crippen molar-refractivity contribution in [2.24, 2.45) is 14.1 Å². The molecule has 1 saturated carbocycles. The molecule has 1 aromatic rings. The monoisotopic (exact) mass is 239 g/mol. The van der Waals surface area contributed by atoms with E-state index in [-0.39, 0.29) is 23.4 Å². The Morgan fingerprint density at radius 3 is 2.65 bits per heavy atom. The molecule has 1 fully saturated rings. The van der Waals surface area contributed by atoms with E-state index in [0.29, 0.717) is 12.1 Å². The zero-order chi connectivity index (χ0) is 12.6. The predicted octanol–water partition coefficient (Wildman–Crippen LogP) is -1.30. The molecule has 1 aliphatic rings. The zero-order valence-electron chi connectivity index (χ0n) is 10.0. The number of aromatic nitrogens is 2. The highest BCUT2D eigenvalue weighted by Crippen LogP contribution is 2.19. The predicted molar refractivity (Wildman–Crippen MR) is 62.8 cm³/mol. The highest BCUT2D eigenvalue weighted by atomic mass is 16.3. The lowest BCUT2D eigenvalue weighted by Gasteiger charge is -2.32. The molecule has 17 heavy (non-hydrogen) atoms. The molecule has 0 atom stereocenters. The largest absolute Gasteiger partial charge is 0.393 e. The van der Waals surface area contributed by atoms with Gasteiger partial charge in [-0.25, -0.2) is 4.79 Å². The quantitative estimate of drug-likeness (QED) is 0.687. The lowest BCUT2D eigenvalue weighted by atomic mass is 9.89. The average molecular weight is 239 g/mol. The summed E-state index contributed by atoms with van der Waals surface area (Å²) in [6.07, 6.45) is 2.81. The van der Waals surface area contributed by atoms with Crippen LogP contribution in [-0.4, -0.2) is 26.4 Å². The summed E-state index contributed by atoms with van der Waals surface area (Å²) >= 11 is 0. The molecule has 1 aromatic heterocycles. The molecule has 2 N–H and O–H groups in total. The van der Waals surface area contributed by atoms with Crippen molar-refractivity contribution in [1.82, 2.24) is 14.5 Å². The van der Waals surface area contributed by atoms with Gasteiger partial charge in [0.05, 0.1) is 6.10 Å². The van der Waals surface area contributed by atoms with E-state index in [1.165, 1.54) is 11.6 Å². The molecule has 0 radical (unpaired) electrons. The lowest BCUT2D eigenvalue weighted by molar-refractivity contribution is 0.0618. The van der Waals surface area contributed by atoms with Crippen LogP contribution in [0.3, 0.4) is 0 Å². The van der Waals surface area contributed by atoms with Gasteiger partial charge in [-0.15, -0.1) is 0 Å². The third-order valence-electron chi connectivity index (χ3n) is 3.21. The van der Waals surface area contributed by atoms with Crippen molar-refractivity contribution in [3.8, 4) is 0 Å². The molecule has 0 amide bonds. The van der Waals surface area contributed by atoms with E-state index in [9.17, 15) is 9.59 Å². The zero-order valence-corrected chi connectivity index (χ0v) is 10.0. The fourth-order valence-corrected chi connectivity index (χ4v) is 2.01. The highest BCUT2D eigenvalue weighted by molar-refractivity contribution is 5.05. The Hall–Kier alpha value is -1.40. The van der Waals surface area contributed by atoms with Crippen LogP contribution in [0.4, 0.5) is 0 Å². The summed E-state index contributed by atoms with van der Waals surface area (Å²) in [5.41, 5.74) is -0.0192. The first-order chi connectivity index (χ1) is 7.99. The molecule has 0 spiro atoms. The average Bonchev–Trinajstić information content (AvgIpc) is 2.26. The van der Waals surface area contributed by atoms with Gasteiger partial charge in [-0.3, -0.25) is 9.36 Å². The van der Waals surface area contributed by atoms with Crippen LogP contribution in [-0.2, 0) is 20.6 Å². The standard InChI is InChI=1S/C11H17N3O3/c1-13-6-7(10(16)14(2)11(13)17)5-12-8-3-9(15)4-8/h6,8-9,12,15H,3-5H2,1-2H3. The van der Waals surface area contributed by atoms with Gasteiger partial charge in [0.15, 0.2) is 0 Å². The maximum absolute atomic E-state index is 11.8. The molecule has 6 nitrogen and oxygen atoms in total. The summed E-state index contributed by atoms with van der Waals surface area (Å²) in [7, 11) is 3.10. The van der Waals surface area contributed by atoms with E-state index < -0.39 is 0 Å². The molecule has 1 heterocycles. The second kappa shape index (κ2) is 4.46. The normalized spacial score (nSPS) is 23.5. The molecular weight excluding hydrogens is 222 g/mol. The van der Waals surface area contributed by atoms with Gasteiger partial charge in [-0.05, 0) is 12.8 Å². The molecule has 1 aliphatic carbocycles. The van der Waals surface area contributed by atoms with Crippen LogP contribution in [0.15, 0.2) is 15.8 Å². The third kappa shape index (κ3) is 2.32. The van der Waals surface area contributed by atoms with Crippen LogP contribution in [0.25, 0.3) is 0 Å². The van der Waals surface area contributed by atoms with Gasteiger partial charge < -0.3 is 15.0 Å². The van der Waals surface area contributed by atoms with Crippen molar-refractivity contribution < 1.29 is 5.11 Å². The number of hydrogen-bond acceptors (Lipinski definition) is 4. The van der Waals surface area contributed by atoms with Crippen LogP contribution in [0.2, 0.25) is 0 Å². The minimum absolute atomic E-state index is 0.213. The summed E-state index contributed by atoms with van der Waals surface area (Å²) < 4.78 is 2.50. The molecule has 0 aliphatic heterocycles. The molecule has 0 aromatic carbocycles.